The topological polar surface area (TPSA) is 41.1 Å². The molecule has 20 heavy (non-hydrogen) atoms. The monoisotopic (exact) mass is 268 g/mol. The molecule has 3 heteroatoms. The predicted octanol–water partition coefficient (Wildman–Crippen LogP) is 4.19. The van der Waals surface area contributed by atoms with Crippen LogP contribution in [0.25, 0.3) is 0 Å². The molecule has 0 spiro atoms. The lowest BCUT2D eigenvalue weighted by molar-refractivity contribution is 0.249. The molecule has 2 N–H and O–H groups in total. The Morgan fingerprint density at radius 1 is 1.00 bits per heavy atom. The molecule has 0 unspecified atom stereocenters. The number of rotatable bonds is 3. The summed E-state index contributed by atoms with van der Waals surface area (Å²) in [6, 6.07) is 15.6. The number of aryl methyl sites for hydroxylation is 1. The van der Waals surface area contributed by atoms with Crippen LogP contribution in [0.15, 0.2) is 48.5 Å². The van der Waals surface area contributed by atoms with E-state index < -0.39 is 0 Å². The second kappa shape index (κ2) is 6.24. The van der Waals surface area contributed by atoms with Crippen LogP contribution < -0.4 is 10.6 Å². The highest BCUT2D eigenvalue weighted by Gasteiger charge is 2.10. The fourth-order valence-corrected chi connectivity index (χ4v) is 2.07. The minimum Gasteiger partial charge on any atom is -0.331 e. The van der Waals surface area contributed by atoms with Gasteiger partial charge in [0.05, 0.1) is 6.04 Å². The van der Waals surface area contributed by atoms with E-state index in [0.29, 0.717) is 0 Å². The normalized spacial score (nSPS) is 11.8. The fraction of sp³-hybridized carbons (Fsp3) is 0.235. The van der Waals surface area contributed by atoms with Gasteiger partial charge >= 0.3 is 6.03 Å². The van der Waals surface area contributed by atoms with Gasteiger partial charge in [-0.15, -0.1) is 0 Å². The molecular formula is C17H20N2O. The Labute approximate surface area is 120 Å². The van der Waals surface area contributed by atoms with Crippen LogP contribution >= 0.6 is 0 Å². The summed E-state index contributed by atoms with van der Waals surface area (Å²) in [6.07, 6.45) is 0. The number of anilines is 1. The Bertz CT molecular complexity index is 593. The Kier molecular flexibility index (Phi) is 4.41. The van der Waals surface area contributed by atoms with E-state index in [9.17, 15) is 4.79 Å². The molecule has 0 aliphatic heterocycles. The minimum absolute atomic E-state index is 0.0266. The van der Waals surface area contributed by atoms with E-state index in [0.717, 1.165) is 16.8 Å². The Hall–Kier alpha value is -2.29. The van der Waals surface area contributed by atoms with Crippen LogP contribution in [0.5, 0.6) is 0 Å². The van der Waals surface area contributed by atoms with Crippen LogP contribution in [0, 0.1) is 13.8 Å². The van der Waals surface area contributed by atoms with Gasteiger partial charge in [-0.2, -0.15) is 0 Å². The largest absolute Gasteiger partial charge is 0.331 e. The van der Waals surface area contributed by atoms with Crippen molar-refractivity contribution in [2.24, 2.45) is 0 Å². The van der Waals surface area contributed by atoms with Gasteiger partial charge in [0.2, 0.25) is 0 Å². The van der Waals surface area contributed by atoms with Crippen LogP contribution in [-0.4, -0.2) is 6.03 Å². The molecule has 0 heterocycles. The smallest absolute Gasteiger partial charge is 0.319 e. The highest BCUT2D eigenvalue weighted by molar-refractivity contribution is 5.90. The van der Waals surface area contributed by atoms with E-state index >= 15 is 0 Å². The van der Waals surface area contributed by atoms with Gasteiger partial charge in [-0.3, -0.25) is 0 Å². The predicted molar refractivity (Wildman–Crippen MR) is 82.9 cm³/mol. The average molecular weight is 268 g/mol. The van der Waals surface area contributed by atoms with Crippen molar-refractivity contribution in [2.45, 2.75) is 26.8 Å². The first-order chi connectivity index (χ1) is 9.58. The molecule has 0 aromatic heterocycles. The molecule has 2 aromatic carbocycles. The lowest BCUT2D eigenvalue weighted by Gasteiger charge is -2.16. The Balaban J connectivity index is 2.01. The third kappa shape index (κ3) is 3.38. The molecular weight excluding hydrogens is 248 g/mol. The molecule has 2 rings (SSSR count). The molecule has 0 bridgehead atoms. The number of hydrogen-bond donors (Lipinski definition) is 2. The summed E-state index contributed by atoms with van der Waals surface area (Å²) in [4.78, 5) is 12.0. The first-order valence-electron chi connectivity index (χ1n) is 6.76. The van der Waals surface area contributed by atoms with Gasteiger partial charge in [0.1, 0.15) is 0 Å². The van der Waals surface area contributed by atoms with Crippen molar-refractivity contribution in [1.82, 2.24) is 5.32 Å². The highest BCUT2D eigenvalue weighted by Crippen LogP contribution is 2.18. The number of nitrogens with one attached hydrogen (secondary N) is 2. The van der Waals surface area contributed by atoms with Gasteiger partial charge in [0.25, 0.3) is 0 Å². The summed E-state index contributed by atoms with van der Waals surface area (Å²) in [5.41, 5.74) is 4.19. The van der Waals surface area contributed by atoms with Gasteiger partial charge in [-0.1, -0.05) is 42.5 Å². The molecule has 0 aliphatic rings. The zero-order valence-electron chi connectivity index (χ0n) is 12.1. The van der Waals surface area contributed by atoms with E-state index in [-0.39, 0.29) is 12.1 Å². The Morgan fingerprint density at radius 3 is 2.40 bits per heavy atom. The summed E-state index contributed by atoms with van der Waals surface area (Å²) in [5, 5.41) is 5.84. The number of carbonyl (C=O) groups is 1. The van der Waals surface area contributed by atoms with E-state index in [4.69, 9.17) is 0 Å². The fourth-order valence-electron chi connectivity index (χ4n) is 2.07. The van der Waals surface area contributed by atoms with Crippen LogP contribution in [0.4, 0.5) is 10.5 Å². The Morgan fingerprint density at radius 2 is 1.70 bits per heavy atom. The summed E-state index contributed by atoms with van der Waals surface area (Å²) >= 11 is 0. The lowest BCUT2D eigenvalue weighted by Crippen LogP contribution is -2.31. The molecule has 2 aromatic rings. The van der Waals surface area contributed by atoms with Crippen LogP contribution in [-0.2, 0) is 0 Å². The van der Waals surface area contributed by atoms with Crippen molar-refractivity contribution >= 4 is 11.7 Å². The zero-order valence-corrected chi connectivity index (χ0v) is 12.1. The molecule has 0 saturated heterocycles. The number of amides is 2. The van der Waals surface area contributed by atoms with Gasteiger partial charge < -0.3 is 10.6 Å². The first-order valence-corrected chi connectivity index (χ1v) is 6.76. The molecule has 3 nitrogen and oxygen atoms in total. The van der Waals surface area contributed by atoms with Crippen molar-refractivity contribution in [2.75, 3.05) is 5.32 Å². The SMILES string of the molecule is Cc1cccc(NC(=O)N[C@@H](C)c2ccccc2)c1C. The second-order valence-corrected chi connectivity index (χ2v) is 4.98. The number of hydrogen-bond acceptors (Lipinski definition) is 1. The van der Waals surface area contributed by atoms with Crippen LogP contribution in [0.2, 0.25) is 0 Å². The maximum absolute atomic E-state index is 12.0. The highest BCUT2D eigenvalue weighted by atomic mass is 16.2. The van der Waals surface area contributed by atoms with E-state index in [1.54, 1.807) is 0 Å². The van der Waals surface area contributed by atoms with E-state index in [1.165, 1.54) is 5.56 Å². The summed E-state index contributed by atoms with van der Waals surface area (Å²) in [6.45, 7) is 6.01. The molecule has 0 fully saturated rings. The maximum Gasteiger partial charge on any atom is 0.319 e. The standard InChI is InChI=1S/C17H20N2O/c1-12-8-7-11-16(13(12)2)19-17(20)18-14(3)15-9-5-4-6-10-15/h4-11,14H,1-3H3,(H2,18,19,20)/t14-/m0/s1. The molecule has 0 aliphatic carbocycles. The van der Waals surface area contributed by atoms with Crippen molar-refractivity contribution in [3.63, 3.8) is 0 Å². The number of carbonyl (C=O) groups excluding carboxylic acids is 1. The van der Waals surface area contributed by atoms with Crippen molar-refractivity contribution in [1.29, 1.82) is 0 Å². The van der Waals surface area contributed by atoms with Gasteiger partial charge in [0.15, 0.2) is 0 Å². The number of urea groups is 1. The van der Waals surface area contributed by atoms with Crippen molar-refractivity contribution < 1.29 is 4.79 Å². The van der Waals surface area contributed by atoms with Gasteiger partial charge in [-0.05, 0) is 43.5 Å². The van der Waals surface area contributed by atoms with Gasteiger partial charge in [0, 0.05) is 5.69 Å². The molecule has 0 radical (unpaired) electrons. The summed E-state index contributed by atoms with van der Waals surface area (Å²) < 4.78 is 0. The average Bonchev–Trinajstić information content (AvgIpc) is 2.45. The minimum atomic E-state index is -0.185. The van der Waals surface area contributed by atoms with E-state index in [1.807, 2.05) is 69.3 Å². The first kappa shape index (κ1) is 14.1. The molecule has 2 amide bonds. The van der Waals surface area contributed by atoms with Crippen LogP contribution in [0.1, 0.15) is 29.7 Å². The third-order valence-corrected chi connectivity index (χ3v) is 3.50. The van der Waals surface area contributed by atoms with Crippen molar-refractivity contribution in [3.8, 4) is 0 Å². The summed E-state index contributed by atoms with van der Waals surface area (Å²) in [7, 11) is 0. The maximum atomic E-state index is 12.0. The third-order valence-electron chi connectivity index (χ3n) is 3.50. The summed E-state index contributed by atoms with van der Waals surface area (Å²) in [5.74, 6) is 0. The number of benzene rings is 2. The molecule has 104 valence electrons. The lowest BCUT2D eigenvalue weighted by atomic mass is 10.1. The molecule has 1 atom stereocenters. The van der Waals surface area contributed by atoms with E-state index in [2.05, 4.69) is 10.6 Å². The zero-order chi connectivity index (χ0) is 14.5. The van der Waals surface area contributed by atoms with Crippen molar-refractivity contribution in [3.05, 3.63) is 65.2 Å². The van der Waals surface area contributed by atoms with Crippen LogP contribution in [0.3, 0.4) is 0 Å². The molecule has 0 saturated carbocycles. The second-order valence-electron chi connectivity index (χ2n) is 4.98. The quantitative estimate of drug-likeness (QED) is 0.861. The van der Waals surface area contributed by atoms with Gasteiger partial charge in [-0.25, -0.2) is 4.79 Å².